The number of carbonyl (C=O) groups is 1. The Morgan fingerprint density at radius 2 is 2.00 bits per heavy atom. The lowest BCUT2D eigenvalue weighted by Gasteiger charge is -2.12. The van der Waals surface area contributed by atoms with Crippen molar-refractivity contribution in [3.63, 3.8) is 0 Å². The Kier molecular flexibility index (Phi) is 4.06. The molecule has 0 saturated carbocycles. The van der Waals surface area contributed by atoms with E-state index in [-0.39, 0.29) is 6.07 Å². The second-order valence-electron chi connectivity index (χ2n) is 3.21. The lowest BCUT2D eigenvalue weighted by molar-refractivity contribution is -0.386. The molecule has 0 saturated heterocycles. The predicted octanol–water partition coefficient (Wildman–Crippen LogP) is 1.92. The van der Waals surface area contributed by atoms with Crippen molar-refractivity contribution in [2.45, 2.75) is 12.8 Å². The highest BCUT2D eigenvalue weighted by Crippen LogP contribution is 2.34. The van der Waals surface area contributed by atoms with Gasteiger partial charge in [0.05, 0.1) is 11.0 Å². The van der Waals surface area contributed by atoms with E-state index in [0.717, 1.165) is 0 Å². The van der Waals surface area contributed by atoms with Crippen LogP contribution in [-0.4, -0.2) is 22.2 Å². The number of nitrogens with zero attached hydrogens (tertiary/aromatic N) is 2. The van der Waals surface area contributed by atoms with Crippen LogP contribution in [0.4, 0.5) is 27.6 Å². The van der Waals surface area contributed by atoms with Gasteiger partial charge in [-0.3, -0.25) is 14.9 Å². The third-order valence-electron chi connectivity index (χ3n) is 1.86. The molecule has 0 bridgehead atoms. The molecule has 0 fully saturated rings. The summed E-state index contributed by atoms with van der Waals surface area (Å²) in [6.45, 7) is 0. The first-order valence-corrected chi connectivity index (χ1v) is 4.56. The largest absolute Gasteiger partial charge is 0.573 e. The second-order valence-corrected chi connectivity index (χ2v) is 3.21. The highest BCUT2D eigenvalue weighted by atomic mass is 19.4. The van der Waals surface area contributed by atoms with Crippen LogP contribution in [0, 0.1) is 10.1 Å². The maximum atomic E-state index is 12.5. The molecule has 1 aromatic rings. The molecule has 0 aliphatic carbocycles. The summed E-state index contributed by atoms with van der Waals surface area (Å²) in [5.74, 6) is -3.04. The zero-order valence-corrected chi connectivity index (χ0v) is 9.15. The number of amides is 1. The highest BCUT2D eigenvalue weighted by Gasteiger charge is 2.36. The van der Waals surface area contributed by atoms with Crippen molar-refractivity contribution in [1.29, 1.82) is 0 Å². The van der Waals surface area contributed by atoms with E-state index in [2.05, 4.69) is 15.5 Å². The number of rotatable bonds is 4. The number of halogens is 5. The summed E-state index contributed by atoms with van der Waals surface area (Å²) in [5.41, 5.74) is 0.462. The van der Waals surface area contributed by atoms with Crippen molar-refractivity contribution in [1.82, 2.24) is 4.98 Å². The van der Waals surface area contributed by atoms with Crippen LogP contribution in [0.5, 0.6) is 5.75 Å². The van der Waals surface area contributed by atoms with Gasteiger partial charge in [0, 0.05) is 0 Å². The van der Waals surface area contributed by atoms with E-state index in [1.807, 2.05) is 0 Å². The van der Waals surface area contributed by atoms with Crippen LogP contribution in [0.3, 0.4) is 0 Å². The van der Waals surface area contributed by atoms with E-state index in [1.54, 1.807) is 0 Å². The Balaban J connectivity index is 3.53. The lowest BCUT2D eigenvalue weighted by atomic mass is 10.2. The smallest absolute Gasteiger partial charge is 0.403 e. The molecule has 2 N–H and O–H groups in total. The number of aromatic nitrogens is 1. The summed E-state index contributed by atoms with van der Waals surface area (Å²) in [5, 5.41) is 10.5. The maximum absolute atomic E-state index is 12.5. The maximum Gasteiger partial charge on any atom is 0.573 e. The molecule has 0 spiro atoms. The van der Waals surface area contributed by atoms with Crippen LogP contribution in [0.1, 0.15) is 22.6 Å². The van der Waals surface area contributed by atoms with Crippen LogP contribution in [0.25, 0.3) is 0 Å². The average molecular weight is 301 g/mol. The molecule has 0 aliphatic rings. The summed E-state index contributed by atoms with van der Waals surface area (Å²) >= 11 is 0. The summed E-state index contributed by atoms with van der Waals surface area (Å²) in [6, 6.07) is 0.0159. The third kappa shape index (κ3) is 3.49. The molecule has 1 rings (SSSR count). The van der Waals surface area contributed by atoms with E-state index in [9.17, 15) is 36.9 Å². The molecule has 0 aromatic carbocycles. The van der Waals surface area contributed by atoms with Crippen molar-refractivity contribution in [2.24, 2.45) is 5.73 Å². The van der Waals surface area contributed by atoms with E-state index in [0.29, 0.717) is 0 Å². The molecular weight excluding hydrogens is 297 g/mol. The quantitative estimate of drug-likeness (QED) is 0.519. The average Bonchev–Trinajstić information content (AvgIpc) is 2.25. The molecular formula is C8H4F5N3O4. The van der Waals surface area contributed by atoms with Crippen molar-refractivity contribution < 1.29 is 36.4 Å². The van der Waals surface area contributed by atoms with Crippen LogP contribution in [-0.2, 0) is 0 Å². The van der Waals surface area contributed by atoms with Crippen LogP contribution in [0.15, 0.2) is 6.07 Å². The Labute approximate surface area is 106 Å². The SMILES string of the molecule is NC(=O)c1nc(C(F)F)c([N+](=O)[O-])cc1OC(F)(F)F. The first kappa shape index (κ1) is 15.5. The number of primary amides is 1. The second kappa shape index (κ2) is 5.22. The van der Waals surface area contributed by atoms with Gasteiger partial charge < -0.3 is 10.5 Å². The zero-order chi connectivity index (χ0) is 15.7. The van der Waals surface area contributed by atoms with E-state index < -0.39 is 46.4 Å². The highest BCUT2D eigenvalue weighted by molar-refractivity contribution is 5.94. The zero-order valence-electron chi connectivity index (χ0n) is 9.15. The molecule has 0 unspecified atom stereocenters. The van der Waals surface area contributed by atoms with Gasteiger partial charge in [-0.25, -0.2) is 13.8 Å². The summed E-state index contributed by atoms with van der Waals surface area (Å²) in [6.07, 6.45) is -8.81. The number of hydrogen-bond acceptors (Lipinski definition) is 5. The standard InChI is InChI=1S/C8H4F5N3O4/c9-6(10)4-2(16(18)19)1-3(20-8(11,12)13)5(15-4)7(14)17/h1,6H,(H2,14,17). The number of carbonyl (C=O) groups excluding carboxylic acids is 1. The van der Waals surface area contributed by atoms with Gasteiger partial charge in [0.15, 0.2) is 17.1 Å². The van der Waals surface area contributed by atoms with Gasteiger partial charge in [-0.2, -0.15) is 0 Å². The minimum absolute atomic E-state index is 0.0159. The van der Waals surface area contributed by atoms with Crippen LogP contribution < -0.4 is 10.5 Å². The summed E-state index contributed by atoms with van der Waals surface area (Å²) < 4.78 is 64.5. The molecule has 20 heavy (non-hydrogen) atoms. The Morgan fingerprint density at radius 3 is 2.35 bits per heavy atom. The Bertz CT molecular complexity index is 560. The van der Waals surface area contributed by atoms with Gasteiger partial charge in [0.2, 0.25) is 0 Å². The minimum Gasteiger partial charge on any atom is -0.403 e. The van der Waals surface area contributed by atoms with Crippen molar-refractivity contribution in [2.75, 3.05) is 0 Å². The van der Waals surface area contributed by atoms with Crippen LogP contribution >= 0.6 is 0 Å². The molecule has 1 heterocycles. The number of hydrogen-bond donors (Lipinski definition) is 1. The molecule has 12 heteroatoms. The first-order chi connectivity index (χ1) is 9.03. The fourth-order valence-corrected chi connectivity index (χ4v) is 1.19. The van der Waals surface area contributed by atoms with Gasteiger partial charge in [-0.05, 0) is 0 Å². The minimum atomic E-state index is -5.31. The number of ether oxygens (including phenoxy) is 1. The van der Waals surface area contributed by atoms with Crippen molar-refractivity contribution in [3.8, 4) is 5.75 Å². The monoisotopic (exact) mass is 301 g/mol. The topological polar surface area (TPSA) is 108 Å². The molecule has 1 aromatic heterocycles. The van der Waals surface area contributed by atoms with Crippen LogP contribution in [0.2, 0.25) is 0 Å². The predicted molar refractivity (Wildman–Crippen MR) is 51.0 cm³/mol. The van der Waals surface area contributed by atoms with E-state index in [1.165, 1.54) is 0 Å². The summed E-state index contributed by atoms with van der Waals surface area (Å²) in [4.78, 5) is 22.8. The van der Waals surface area contributed by atoms with Gasteiger partial charge in [-0.1, -0.05) is 0 Å². The molecule has 0 atom stereocenters. The molecule has 1 amide bonds. The normalized spacial score (nSPS) is 11.5. The number of alkyl halides is 5. The van der Waals surface area contributed by atoms with E-state index in [4.69, 9.17) is 0 Å². The van der Waals surface area contributed by atoms with Gasteiger partial charge >= 0.3 is 6.36 Å². The Hall–Kier alpha value is -2.53. The van der Waals surface area contributed by atoms with Gasteiger partial charge in [-0.15, -0.1) is 13.2 Å². The number of nitro groups is 1. The molecule has 0 aliphatic heterocycles. The van der Waals surface area contributed by atoms with Gasteiger partial charge in [0.1, 0.15) is 0 Å². The lowest BCUT2D eigenvalue weighted by Crippen LogP contribution is -2.23. The summed E-state index contributed by atoms with van der Waals surface area (Å²) in [7, 11) is 0. The molecule has 7 nitrogen and oxygen atoms in total. The van der Waals surface area contributed by atoms with E-state index >= 15 is 0 Å². The third-order valence-corrected chi connectivity index (χ3v) is 1.86. The molecule has 0 radical (unpaired) electrons. The fourth-order valence-electron chi connectivity index (χ4n) is 1.19. The Morgan fingerprint density at radius 1 is 1.45 bits per heavy atom. The molecule has 110 valence electrons. The fraction of sp³-hybridized carbons (Fsp3) is 0.250. The van der Waals surface area contributed by atoms with Gasteiger partial charge in [0.25, 0.3) is 18.0 Å². The number of pyridine rings is 1. The number of nitrogens with two attached hydrogens (primary N) is 1. The first-order valence-electron chi connectivity index (χ1n) is 4.56. The van der Waals surface area contributed by atoms with Crippen molar-refractivity contribution >= 4 is 11.6 Å². The van der Waals surface area contributed by atoms with Crippen molar-refractivity contribution in [3.05, 3.63) is 27.6 Å².